The second-order valence-corrected chi connectivity index (χ2v) is 7.50. The van der Waals surface area contributed by atoms with Gasteiger partial charge < -0.3 is 0 Å². The average Bonchev–Trinajstić information content (AvgIpc) is 2.59. The van der Waals surface area contributed by atoms with Crippen LogP contribution in [0.3, 0.4) is 0 Å². The number of carbonyl (C=O) groups is 2. The summed E-state index contributed by atoms with van der Waals surface area (Å²) >= 11 is 11.7. The second kappa shape index (κ2) is 7.83. The second-order valence-electron chi connectivity index (χ2n) is 4.77. The molecule has 0 bridgehead atoms. The largest absolute Gasteiger partial charge is 0.271 e. The van der Waals surface area contributed by atoms with Gasteiger partial charge in [0.25, 0.3) is 11.8 Å². The first-order valence-electron chi connectivity index (χ1n) is 6.84. The van der Waals surface area contributed by atoms with Gasteiger partial charge in [-0.05, 0) is 43.4 Å². The van der Waals surface area contributed by atoms with Crippen molar-refractivity contribution in [1.82, 2.24) is 15.6 Å². The molecule has 132 valence electrons. The van der Waals surface area contributed by atoms with Crippen molar-refractivity contribution in [3.05, 3.63) is 63.6 Å². The summed E-state index contributed by atoms with van der Waals surface area (Å²) in [7, 11) is -2.50. The lowest BCUT2D eigenvalue weighted by molar-refractivity contribution is 0.0846. The molecular formula is C15H13Cl2N3O4S. The predicted molar refractivity (Wildman–Crippen MR) is 94.1 cm³/mol. The Balaban J connectivity index is 2.16. The van der Waals surface area contributed by atoms with Crippen LogP contribution in [0.4, 0.5) is 0 Å². The van der Waals surface area contributed by atoms with Crippen molar-refractivity contribution in [3.63, 3.8) is 0 Å². The maximum absolute atomic E-state index is 12.2. The Hall–Kier alpha value is -2.13. The predicted octanol–water partition coefficient (Wildman–Crippen LogP) is 1.98. The monoisotopic (exact) mass is 401 g/mol. The van der Waals surface area contributed by atoms with Gasteiger partial charge in [0.15, 0.2) is 0 Å². The molecule has 0 spiro atoms. The lowest BCUT2D eigenvalue weighted by Crippen LogP contribution is -2.41. The molecule has 0 aromatic heterocycles. The van der Waals surface area contributed by atoms with Crippen LogP contribution < -0.4 is 15.6 Å². The number of nitrogens with one attached hydrogen (secondary N) is 3. The highest BCUT2D eigenvalue weighted by molar-refractivity contribution is 7.89. The van der Waals surface area contributed by atoms with Crippen molar-refractivity contribution in [2.24, 2.45) is 0 Å². The lowest BCUT2D eigenvalue weighted by Gasteiger charge is -2.10. The van der Waals surface area contributed by atoms with Gasteiger partial charge in [0, 0.05) is 10.6 Å². The highest BCUT2D eigenvalue weighted by Gasteiger charge is 2.18. The Morgan fingerprint density at radius 1 is 0.960 bits per heavy atom. The minimum absolute atomic E-state index is 0.0320. The fourth-order valence-electron chi connectivity index (χ4n) is 1.85. The van der Waals surface area contributed by atoms with E-state index < -0.39 is 21.8 Å². The molecule has 0 radical (unpaired) electrons. The summed E-state index contributed by atoms with van der Waals surface area (Å²) in [4.78, 5) is 24.0. The number of amides is 2. The lowest BCUT2D eigenvalue weighted by atomic mass is 10.2. The van der Waals surface area contributed by atoms with Crippen molar-refractivity contribution in [3.8, 4) is 0 Å². The summed E-state index contributed by atoms with van der Waals surface area (Å²) < 4.78 is 25.7. The Bertz CT molecular complexity index is 932. The maximum Gasteiger partial charge on any atom is 0.271 e. The van der Waals surface area contributed by atoms with E-state index in [9.17, 15) is 18.0 Å². The van der Waals surface area contributed by atoms with Gasteiger partial charge in [-0.1, -0.05) is 29.3 Å². The zero-order chi connectivity index (χ0) is 18.6. The Morgan fingerprint density at radius 3 is 2.28 bits per heavy atom. The number of hydrazine groups is 1. The molecule has 3 N–H and O–H groups in total. The minimum Gasteiger partial charge on any atom is -0.267 e. The summed E-state index contributed by atoms with van der Waals surface area (Å²) in [6, 6.07) is 9.77. The Morgan fingerprint density at radius 2 is 1.64 bits per heavy atom. The van der Waals surface area contributed by atoms with E-state index in [1.54, 1.807) is 12.1 Å². The van der Waals surface area contributed by atoms with E-state index in [4.69, 9.17) is 23.2 Å². The molecule has 0 aliphatic rings. The van der Waals surface area contributed by atoms with Crippen LogP contribution in [-0.2, 0) is 10.0 Å². The number of carbonyl (C=O) groups excluding carboxylic acids is 2. The van der Waals surface area contributed by atoms with Crippen LogP contribution in [0, 0.1) is 0 Å². The molecule has 0 aliphatic heterocycles. The van der Waals surface area contributed by atoms with Crippen LogP contribution >= 0.6 is 23.2 Å². The van der Waals surface area contributed by atoms with Crippen LogP contribution in [0.1, 0.15) is 20.7 Å². The van der Waals surface area contributed by atoms with E-state index >= 15 is 0 Å². The quantitative estimate of drug-likeness (QED) is 0.681. The molecule has 0 saturated carbocycles. The number of halogens is 2. The van der Waals surface area contributed by atoms with E-state index in [1.165, 1.54) is 31.3 Å². The molecule has 0 aliphatic carbocycles. The van der Waals surface area contributed by atoms with Crippen LogP contribution in [0.2, 0.25) is 10.0 Å². The number of benzene rings is 2. The first-order valence-corrected chi connectivity index (χ1v) is 9.08. The fourth-order valence-corrected chi connectivity index (χ4v) is 3.00. The molecule has 0 heterocycles. The normalized spacial score (nSPS) is 11.0. The van der Waals surface area contributed by atoms with Gasteiger partial charge in [-0.3, -0.25) is 20.4 Å². The van der Waals surface area contributed by atoms with Gasteiger partial charge >= 0.3 is 0 Å². The molecule has 2 aromatic rings. The van der Waals surface area contributed by atoms with Crippen molar-refractivity contribution >= 4 is 45.0 Å². The smallest absolute Gasteiger partial charge is 0.267 e. The summed E-state index contributed by atoms with van der Waals surface area (Å²) in [5.74, 6) is -1.36. The number of hydrogen-bond donors (Lipinski definition) is 3. The molecule has 0 unspecified atom stereocenters. The molecule has 25 heavy (non-hydrogen) atoms. The van der Waals surface area contributed by atoms with E-state index in [1.807, 2.05) is 0 Å². The molecule has 0 atom stereocenters. The van der Waals surface area contributed by atoms with Crippen molar-refractivity contribution in [2.75, 3.05) is 7.05 Å². The molecule has 10 heteroatoms. The molecule has 0 saturated heterocycles. The van der Waals surface area contributed by atoms with Crippen molar-refractivity contribution < 1.29 is 18.0 Å². The van der Waals surface area contributed by atoms with Crippen molar-refractivity contribution in [1.29, 1.82) is 0 Å². The van der Waals surface area contributed by atoms with E-state index in [0.29, 0.717) is 5.02 Å². The molecule has 2 aromatic carbocycles. The summed E-state index contributed by atoms with van der Waals surface area (Å²) in [5, 5.41) is 0.400. The number of sulfonamides is 1. The SMILES string of the molecule is CNS(=O)(=O)c1ccc(Cl)c(C(=O)NNC(=O)c2cccc(Cl)c2)c1. The molecule has 7 nitrogen and oxygen atoms in total. The van der Waals surface area contributed by atoms with Gasteiger partial charge in [0.05, 0.1) is 15.5 Å². The van der Waals surface area contributed by atoms with E-state index in [-0.39, 0.29) is 21.0 Å². The van der Waals surface area contributed by atoms with Gasteiger partial charge in [-0.15, -0.1) is 0 Å². The molecule has 0 fully saturated rings. The van der Waals surface area contributed by atoms with Gasteiger partial charge in [0.1, 0.15) is 0 Å². The van der Waals surface area contributed by atoms with Crippen LogP contribution in [-0.4, -0.2) is 27.3 Å². The number of hydrogen-bond acceptors (Lipinski definition) is 4. The highest BCUT2D eigenvalue weighted by atomic mass is 35.5. The third-order valence-corrected chi connectivity index (χ3v) is 5.11. The molecule has 2 amide bonds. The van der Waals surface area contributed by atoms with Gasteiger partial charge in [-0.2, -0.15) is 0 Å². The minimum atomic E-state index is -3.74. The van der Waals surface area contributed by atoms with Gasteiger partial charge in [-0.25, -0.2) is 13.1 Å². The third-order valence-electron chi connectivity index (χ3n) is 3.14. The topological polar surface area (TPSA) is 104 Å². The molecule has 2 rings (SSSR count). The van der Waals surface area contributed by atoms with Crippen LogP contribution in [0.25, 0.3) is 0 Å². The summed E-state index contributed by atoms with van der Waals surface area (Å²) in [5.41, 5.74) is 4.51. The zero-order valence-electron chi connectivity index (χ0n) is 12.8. The maximum atomic E-state index is 12.2. The zero-order valence-corrected chi connectivity index (χ0v) is 15.2. The van der Waals surface area contributed by atoms with Crippen molar-refractivity contribution in [2.45, 2.75) is 4.90 Å². The summed E-state index contributed by atoms with van der Waals surface area (Å²) in [6.07, 6.45) is 0. The first kappa shape index (κ1) is 19.2. The standard InChI is InChI=1S/C15H13Cl2N3O4S/c1-18-25(23,24)11-5-6-13(17)12(8-11)15(22)20-19-14(21)9-3-2-4-10(16)7-9/h2-8,18H,1H3,(H,19,21)(H,20,22). The van der Waals surface area contributed by atoms with E-state index in [2.05, 4.69) is 15.6 Å². The molecular weight excluding hydrogens is 389 g/mol. The van der Waals surface area contributed by atoms with Crippen LogP contribution in [0.5, 0.6) is 0 Å². The Labute approximate surface area is 154 Å². The fraction of sp³-hybridized carbons (Fsp3) is 0.0667. The van der Waals surface area contributed by atoms with Gasteiger partial charge in [0.2, 0.25) is 10.0 Å². The Kier molecular flexibility index (Phi) is 6.02. The summed E-state index contributed by atoms with van der Waals surface area (Å²) in [6.45, 7) is 0. The average molecular weight is 402 g/mol. The number of rotatable bonds is 4. The van der Waals surface area contributed by atoms with E-state index in [0.717, 1.165) is 6.07 Å². The highest BCUT2D eigenvalue weighted by Crippen LogP contribution is 2.20. The first-order chi connectivity index (χ1) is 11.7. The third kappa shape index (κ3) is 4.70. The van der Waals surface area contributed by atoms with Crippen LogP contribution in [0.15, 0.2) is 47.4 Å².